The third-order valence-corrected chi connectivity index (χ3v) is 5.63. The fraction of sp³-hybridized carbons (Fsp3) is 0.391. The number of aromatic nitrogens is 1. The predicted octanol–water partition coefficient (Wildman–Crippen LogP) is 3.50. The SMILES string of the molecule is CCN(CC)CCNC(=O)c1c(C)[nH]c(/C=C2\C(=O)Nc3cccc(C)c32)c1C. The molecule has 0 aliphatic carbocycles. The highest BCUT2D eigenvalue weighted by Gasteiger charge is 2.26. The van der Waals surface area contributed by atoms with Gasteiger partial charge in [-0.1, -0.05) is 26.0 Å². The van der Waals surface area contributed by atoms with E-state index < -0.39 is 0 Å². The smallest absolute Gasteiger partial charge is 0.256 e. The number of carbonyl (C=O) groups excluding carboxylic acids is 2. The number of nitrogens with one attached hydrogen (secondary N) is 3. The Hall–Kier alpha value is -2.86. The fourth-order valence-corrected chi connectivity index (χ4v) is 3.93. The van der Waals surface area contributed by atoms with Gasteiger partial charge in [-0.05, 0) is 57.1 Å². The van der Waals surface area contributed by atoms with Crippen LogP contribution >= 0.6 is 0 Å². The number of H-pyrrole nitrogens is 1. The number of anilines is 1. The van der Waals surface area contributed by atoms with Gasteiger partial charge in [0.25, 0.3) is 11.8 Å². The average Bonchev–Trinajstić information content (AvgIpc) is 3.15. The second-order valence-corrected chi connectivity index (χ2v) is 7.46. The van der Waals surface area contributed by atoms with Crippen LogP contribution in [0.3, 0.4) is 0 Å². The van der Waals surface area contributed by atoms with Crippen molar-refractivity contribution in [2.45, 2.75) is 34.6 Å². The highest BCUT2D eigenvalue weighted by molar-refractivity contribution is 6.35. The van der Waals surface area contributed by atoms with E-state index in [1.54, 1.807) is 0 Å². The van der Waals surface area contributed by atoms with Crippen LogP contribution < -0.4 is 10.6 Å². The third-order valence-electron chi connectivity index (χ3n) is 5.63. The highest BCUT2D eigenvalue weighted by Crippen LogP contribution is 2.36. The van der Waals surface area contributed by atoms with Crippen LogP contribution in [0.15, 0.2) is 18.2 Å². The normalized spacial score (nSPS) is 14.4. The monoisotopic (exact) mass is 394 g/mol. The van der Waals surface area contributed by atoms with Crippen LogP contribution in [0.4, 0.5) is 5.69 Å². The lowest BCUT2D eigenvalue weighted by atomic mass is 9.99. The van der Waals surface area contributed by atoms with E-state index in [4.69, 9.17) is 0 Å². The van der Waals surface area contributed by atoms with Crippen LogP contribution in [-0.2, 0) is 4.79 Å². The quantitative estimate of drug-likeness (QED) is 0.629. The zero-order chi connectivity index (χ0) is 21.1. The Morgan fingerprint density at radius 2 is 1.90 bits per heavy atom. The lowest BCUT2D eigenvalue weighted by molar-refractivity contribution is -0.110. The Morgan fingerprint density at radius 1 is 1.17 bits per heavy atom. The number of aromatic amines is 1. The van der Waals surface area contributed by atoms with Crippen LogP contribution in [0.25, 0.3) is 11.6 Å². The number of amides is 2. The molecule has 29 heavy (non-hydrogen) atoms. The summed E-state index contributed by atoms with van der Waals surface area (Å²) in [5.74, 6) is -0.202. The first-order chi connectivity index (χ1) is 13.9. The molecule has 1 aromatic heterocycles. The van der Waals surface area contributed by atoms with Crippen LogP contribution in [0, 0.1) is 20.8 Å². The molecule has 0 fully saturated rings. The van der Waals surface area contributed by atoms with Crippen molar-refractivity contribution >= 4 is 29.2 Å². The van der Waals surface area contributed by atoms with Crippen molar-refractivity contribution in [3.63, 3.8) is 0 Å². The summed E-state index contributed by atoms with van der Waals surface area (Å²) in [6.07, 6.45) is 1.85. The lowest BCUT2D eigenvalue weighted by Crippen LogP contribution is -2.35. The molecule has 6 heteroatoms. The maximum atomic E-state index is 12.8. The maximum absolute atomic E-state index is 12.8. The van der Waals surface area contributed by atoms with E-state index in [0.29, 0.717) is 17.7 Å². The van der Waals surface area contributed by atoms with E-state index in [2.05, 4.69) is 34.4 Å². The van der Waals surface area contributed by atoms with Crippen molar-refractivity contribution in [1.29, 1.82) is 0 Å². The van der Waals surface area contributed by atoms with Crippen LogP contribution in [0.5, 0.6) is 0 Å². The molecule has 2 heterocycles. The molecular weight excluding hydrogens is 364 g/mol. The summed E-state index contributed by atoms with van der Waals surface area (Å²) in [7, 11) is 0. The van der Waals surface area contributed by atoms with Crippen molar-refractivity contribution in [3.05, 3.63) is 51.8 Å². The van der Waals surface area contributed by atoms with E-state index in [1.165, 1.54) is 0 Å². The Kier molecular flexibility index (Phi) is 6.23. The molecule has 1 aliphatic heterocycles. The highest BCUT2D eigenvalue weighted by atomic mass is 16.2. The number of fused-ring (bicyclic) bond motifs is 1. The second kappa shape index (κ2) is 8.66. The fourth-order valence-electron chi connectivity index (χ4n) is 3.93. The summed E-state index contributed by atoms with van der Waals surface area (Å²) in [5.41, 5.74) is 6.52. The summed E-state index contributed by atoms with van der Waals surface area (Å²) in [5, 5.41) is 5.94. The van der Waals surface area contributed by atoms with Crippen LogP contribution in [0.2, 0.25) is 0 Å². The zero-order valence-corrected chi connectivity index (χ0v) is 17.9. The number of carbonyl (C=O) groups is 2. The molecule has 1 aromatic carbocycles. The van der Waals surface area contributed by atoms with E-state index in [9.17, 15) is 9.59 Å². The van der Waals surface area contributed by atoms with Gasteiger partial charge in [0.1, 0.15) is 0 Å². The molecule has 1 aliphatic rings. The van der Waals surface area contributed by atoms with Gasteiger partial charge in [0.15, 0.2) is 0 Å². The zero-order valence-electron chi connectivity index (χ0n) is 17.9. The number of aryl methyl sites for hydroxylation is 2. The van der Waals surface area contributed by atoms with E-state index in [0.717, 1.165) is 53.4 Å². The summed E-state index contributed by atoms with van der Waals surface area (Å²) < 4.78 is 0. The molecule has 0 spiro atoms. The Labute approximate surface area is 172 Å². The van der Waals surface area contributed by atoms with Gasteiger partial charge in [0.2, 0.25) is 0 Å². The maximum Gasteiger partial charge on any atom is 0.256 e. The minimum Gasteiger partial charge on any atom is -0.358 e. The standard InChI is InChI=1S/C23H30N4O2/c1-6-27(7-2)12-11-24-23(29)21-15(4)19(25-16(21)5)13-17-20-14(3)9-8-10-18(20)26-22(17)28/h8-10,13,25H,6-7,11-12H2,1-5H3,(H,24,29)(H,26,28)/b17-13-. The Bertz CT molecular complexity index is 967. The van der Waals surface area contributed by atoms with E-state index >= 15 is 0 Å². The Balaban J connectivity index is 1.85. The van der Waals surface area contributed by atoms with Crippen molar-refractivity contribution in [1.82, 2.24) is 15.2 Å². The van der Waals surface area contributed by atoms with Crippen molar-refractivity contribution in [3.8, 4) is 0 Å². The summed E-state index contributed by atoms with van der Waals surface area (Å²) in [6.45, 7) is 13.4. The molecule has 0 saturated heterocycles. The molecule has 0 saturated carbocycles. The largest absolute Gasteiger partial charge is 0.358 e. The van der Waals surface area contributed by atoms with Gasteiger partial charge in [-0.2, -0.15) is 0 Å². The third kappa shape index (κ3) is 4.12. The first kappa shape index (κ1) is 20.9. The first-order valence-corrected chi connectivity index (χ1v) is 10.2. The number of benzene rings is 1. The molecule has 2 aromatic rings. The minimum absolute atomic E-state index is 0.0829. The lowest BCUT2D eigenvalue weighted by Gasteiger charge is -2.18. The van der Waals surface area contributed by atoms with Crippen LogP contribution in [-0.4, -0.2) is 47.9 Å². The van der Waals surface area contributed by atoms with Gasteiger partial charge in [0.05, 0.1) is 11.1 Å². The molecule has 0 unspecified atom stereocenters. The van der Waals surface area contributed by atoms with Gasteiger partial charge in [-0.3, -0.25) is 9.59 Å². The molecule has 0 radical (unpaired) electrons. The molecule has 2 amide bonds. The average molecular weight is 395 g/mol. The number of likely N-dealkylation sites (N-methyl/N-ethyl adjacent to an activating group) is 1. The number of hydrogen-bond donors (Lipinski definition) is 3. The summed E-state index contributed by atoms with van der Waals surface area (Å²) in [6, 6.07) is 5.83. The van der Waals surface area contributed by atoms with Crippen molar-refractivity contribution < 1.29 is 9.59 Å². The molecule has 154 valence electrons. The second-order valence-electron chi connectivity index (χ2n) is 7.46. The van der Waals surface area contributed by atoms with Crippen molar-refractivity contribution in [2.24, 2.45) is 0 Å². The summed E-state index contributed by atoms with van der Waals surface area (Å²) >= 11 is 0. The van der Waals surface area contributed by atoms with Crippen LogP contribution in [0.1, 0.15) is 52.3 Å². The van der Waals surface area contributed by atoms with Gasteiger partial charge >= 0.3 is 0 Å². The molecule has 0 atom stereocenters. The van der Waals surface area contributed by atoms with Gasteiger partial charge in [-0.15, -0.1) is 0 Å². The molecular formula is C23H30N4O2. The number of rotatable bonds is 7. The van der Waals surface area contributed by atoms with Gasteiger partial charge in [-0.25, -0.2) is 0 Å². The number of nitrogens with zero attached hydrogens (tertiary/aromatic N) is 1. The van der Waals surface area contributed by atoms with Gasteiger partial charge < -0.3 is 20.5 Å². The Morgan fingerprint density at radius 3 is 2.59 bits per heavy atom. The molecule has 6 nitrogen and oxygen atoms in total. The molecule has 3 rings (SSSR count). The van der Waals surface area contributed by atoms with Gasteiger partial charge in [0, 0.05) is 35.7 Å². The molecule has 0 bridgehead atoms. The van der Waals surface area contributed by atoms with E-state index in [-0.39, 0.29) is 11.8 Å². The first-order valence-electron chi connectivity index (χ1n) is 10.2. The van der Waals surface area contributed by atoms with E-state index in [1.807, 2.05) is 45.0 Å². The molecule has 3 N–H and O–H groups in total. The predicted molar refractivity (Wildman–Crippen MR) is 118 cm³/mol. The summed E-state index contributed by atoms with van der Waals surface area (Å²) in [4.78, 5) is 30.8. The van der Waals surface area contributed by atoms with Crippen molar-refractivity contribution in [2.75, 3.05) is 31.5 Å². The minimum atomic E-state index is -0.119. The number of hydrogen-bond acceptors (Lipinski definition) is 3. The topological polar surface area (TPSA) is 77.2 Å².